The lowest BCUT2D eigenvalue weighted by Gasteiger charge is -2.13. The van der Waals surface area contributed by atoms with Crippen LogP contribution < -0.4 is 30.0 Å². The number of methoxy groups -OCH3 is 1. The molecule has 2 aromatic heterocycles. The van der Waals surface area contributed by atoms with Gasteiger partial charge in [-0.1, -0.05) is 31.2 Å². The van der Waals surface area contributed by atoms with Crippen LogP contribution in [0.4, 0.5) is 11.8 Å². The fourth-order valence-electron chi connectivity index (χ4n) is 3.73. The van der Waals surface area contributed by atoms with Gasteiger partial charge in [0.15, 0.2) is 0 Å². The molecule has 0 unspecified atom stereocenters. The zero-order chi connectivity index (χ0) is 28.4. The topological polar surface area (TPSA) is 153 Å². The van der Waals surface area contributed by atoms with Crippen molar-refractivity contribution in [2.75, 3.05) is 24.3 Å². The summed E-state index contributed by atoms with van der Waals surface area (Å²) >= 11 is 0. The van der Waals surface area contributed by atoms with Crippen molar-refractivity contribution >= 4 is 22.0 Å². The van der Waals surface area contributed by atoms with Crippen LogP contribution in [0.1, 0.15) is 29.2 Å². The van der Waals surface area contributed by atoms with Crippen molar-refractivity contribution in [3.05, 3.63) is 95.3 Å². The van der Waals surface area contributed by atoms with Gasteiger partial charge in [-0.25, -0.2) is 19.8 Å². The SMILES string of the molecule is CCc1cnc(NCc2cc(NCc3ccc(OC)cc3)nc(Oc3ccc(CCNS(N)(=O)=O)cc3)c2)nc1. The van der Waals surface area contributed by atoms with E-state index in [1.807, 2.05) is 73.1 Å². The molecule has 40 heavy (non-hydrogen) atoms. The molecule has 2 aromatic carbocycles. The van der Waals surface area contributed by atoms with Gasteiger partial charge in [0.2, 0.25) is 11.8 Å². The van der Waals surface area contributed by atoms with Crippen LogP contribution in [0, 0.1) is 0 Å². The van der Waals surface area contributed by atoms with Crippen LogP contribution in [0.15, 0.2) is 73.1 Å². The number of benzene rings is 2. The van der Waals surface area contributed by atoms with Crippen molar-refractivity contribution in [2.24, 2.45) is 5.14 Å². The third kappa shape index (κ3) is 9.19. The monoisotopic (exact) mass is 563 g/mol. The highest BCUT2D eigenvalue weighted by atomic mass is 32.2. The molecule has 0 saturated heterocycles. The van der Waals surface area contributed by atoms with Crippen molar-refractivity contribution in [3.63, 3.8) is 0 Å². The van der Waals surface area contributed by atoms with E-state index in [0.29, 0.717) is 42.9 Å². The predicted octanol–water partition coefficient (Wildman–Crippen LogP) is 3.79. The summed E-state index contributed by atoms with van der Waals surface area (Å²) in [5.74, 6) is 3.00. The van der Waals surface area contributed by atoms with Crippen molar-refractivity contribution in [1.29, 1.82) is 0 Å². The minimum Gasteiger partial charge on any atom is -0.497 e. The summed E-state index contributed by atoms with van der Waals surface area (Å²) in [4.78, 5) is 13.4. The number of anilines is 2. The molecule has 0 amide bonds. The van der Waals surface area contributed by atoms with Crippen molar-refractivity contribution in [3.8, 4) is 17.4 Å². The van der Waals surface area contributed by atoms with Gasteiger partial charge in [0.05, 0.1) is 7.11 Å². The van der Waals surface area contributed by atoms with Crippen LogP contribution in [0.3, 0.4) is 0 Å². The average molecular weight is 564 g/mol. The van der Waals surface area contributed by atoms with Gasteiger partial charge in [0, 0.05) is 38.1 Å². The van der Waals surface area contributed by atoms with E-state index in [0.717, 1.165) is 34.4 Å². The second-order valence-corrected chi connectivity index (χ2v) is 10.3. The number of nitrogens with two attached hydrogens (primary N) is 1. The van der Waals surface area contributed by atoms with Crippen LogP contribution in [0.25, 0.3) is 0 Å². The van der Waals surface area contributed by atoms with Crippen LogP contribution in [-0.4, -0.2) is 37.0 Å². The summed E-state index contributed by atoms with van der Waals surface area (Å²) in [6.45, 7) is 3.31. The summed E-state index contributed by atoms with van der Waals surface area (Å²) in [5, 5.41) is 11.6. The van der Waals surface area contributed by atoms with Crippen molar-refractivity contribution in [1.82, 2.24) is 19.7 Å². The molecule has 0 aliphatic carbocycles. The van der Waals surface area contributed by atoms with E-state index in [-0.39, 0.29) is 6.54 Å². The summed E-state index contributed by atoms with van der Waals surface area (Å²) in [6, 6.07) is 19.0. The Morgan fingerprint density at radius 2 is 1.48 bits per heavy atom. The predicted molar refractivity (Wildman–Crippen MR) is 155 cm³/mol. The maximum atomic E-state index is 11.1. The minimum atomic E-state index is -3.71. The molecule has 0 bridgehead atoms. The molecule has 0 atom stereocenters. The maximum Gasteiger partial charge on any atom is 0.274 e. The van der Waals surface area contributed by atoms with Crippen LogP contribution in [0.2, 0.25) is 0 Å². The van der Waals surface area contributed by atoms with Gasteiger partial charge in [0.1, 0.15) is 17.3 Å². The number of rotatable bonds is 14. The third-order valence-corrected chi connectivity index (χ3v) is 6.53. The molecule has 0 saturated carbocycles. The summed E-state index contributed by atoms with van der Waals surface area (Å²) in [6.07, 6.45) is 5.00. The lowest BCUT2D eigenvalue weighted by Crippen LogP contribution is -2.32. The van der Waals surface area contributed by atoms with Crippen LogP contribution in [-0.2, 0) is 36.1 Å². The molecule has 0 spiro atoms. The first-order chi connectivity index (χ1) is 19.3. The van der Waals surface area contributed by atoms with Gasteiger partial charge in [-0.05, 0) is 65.4 Å². The molecule has 0 fully saturated rings. The second-order valence-electron chi connectivity index (χ2n) is 8.96. The quantitative estimate of drug-likeness (QED) is 0.179. The zero-order valence-electron chi connectivity index (χ0n) is 22.4. The fourth-order valence-corrected chi connectivity index (χ4v) is 4.12. The van der Waals surface area contributed by atoms with E-state index in [9.17, 15) is 8.42 Å². The minimum absolute atomic E-state index is 0.212. The molecule has 4 rings (SSSR count). The maximum absolute atomic E-state index is 11.1. The largest absolute Gasteiger partial charge is 0.497 e. The highest BCUT2D eigenvalue weighted by molar-refractivity contribution is 7.87. The standard InChI is InChI=1S/C28H33N7O4S/c1-3-20-16-31-28(32-17-20)33-19-23-14-26(30-18-22-6-8-24(38-2)9-7-22)35-27(15-23)39-25-10-4-21(5-11-25)12-13-34-40(29,36)37/h4-11,14-17,34H,3,12-13,18-19H2,1-2H3,(H,30,35)(H2,29,36,37)(H,31,32,33). The molecule has 11 nitrogen and oxygen atoms in total. The molecular weight excluding hydrogens is 530 g/mol. The fraction of sp³-hybridized carbons (Fsp3) is 0.250. The Morgan fingerprint density at radius 3 is 2.12 bits per heavy atom. The first kappa shape index (κ1) is 28.7. The zero-order valence-corrected chi connectivity index (χ0v) is 23.2. The van der Waals surface area contributed by atoms with E-state index in [1.54, 1.807) is 7.11 Å². The van der Waals surface area contributed by atoms with Gasteiger partial charge in [-0.3, -0.25) is 0 Å². The Morgan fingerprint density at radius 1 is 0.825 bits per heavy atom. The van der Waals surface area contributed by atoms with Crippen LogP contribution in [0.5, 0.6) is 17.4 Å². The number of pyridine rings is 1. The summed E-state index contributed by atoms with van der Waals surface area (Å²) in [5.41, 5.74) is 4.01. The Kier molecular flexibility index (Phi) is 9.84. The molecule has 12 heteroatoms. The normalized spacial score (nSPS) is 11.2. The molecule has 2 heterocycles. The number of nitrogens with zero attached hydrogens (tertiary/aromatic N) is 3. The van der Waals surface area contributed by atoms with Crippen molar-refractivity contribution < 1.29 is 17.9 Å². The van der Waals surface area contributed by atoms with E-state index < -0.39 is 10.2 Å². The summed E-state index contributed by atoms with van der Waals surface area (Å²) in [7, 11) is -2.07. The number of hydrogen-bond acceptors (Lipinski definition) is 9. The highest BCUT2D eigenvalue weighted by Gasteiger charge is 2.08. The van der Waals surface area contributed by atoms with Gasteiger partial charge < -0.3 is 20.1 Å². The Bertz CT molecular complexity index is 1410. The van der Waals surface area contributed by atoms with E-state index in [4.69, 9.17) is 14.6 Å². The average Bonchev–Trinajstić information content (AvgIpc) is 2.96. The number of aromatic nitrogens is 3. The lowest BCUT2D eigenvalue weighted by molar-refractivity contribution is 0.414. The third-order valence-electron chi connectivity index (χ3n) is 5.92. The van der Waals surface area contributed by atoms with Crippen molar-refractivity contribution in [2.45, 2.75) is 32.9 Å². The molecular formula is C28H33N7O4S. The number of aryl methyl sites for hydroxylation is 1. The number of ether oxygens (including phenoxy) is 2. The lowest BCUT2D eigenvalue weighted by atomic mass is 10.1. The summed E-state index contributed by atoms with van der Waals surface area (Å²) < 4.78 is 35.7. The highest BCUT2D eigenvalue weighted by Crippen LogP contribution is 2.24. The van der Waals surface area contributed by atoms with E-state index in [2.05, 4.69) is 37.2 Å². The molecule has 0 aliphatic rings. The van der Waals surface area contributed by atoms with E-state index in [1.165, 1.54) is 0 Å². The molecule has 210 valence electrons. The molecule has 4 aromatic rings. The van der Waals surface area contributed by atoms with Gasteiger partial charge in [0.25, 0.3) is 10.2 Å². The Labute approximate surface area is 234 Å². The second kappa shape index (κ2) is 13.7. The molecule has 5 N–H and O–H groups in total. The number of hydrogen-bond donors (Lipinski definition) is 4. The number of nitrogens with one attached hydrogen (secondary N) is 3. The molecule has 0 radical (unpaired) electrons. The van der Waals surface area contributed by atoms with Gasteiger partial charge in [-0.15, -0.1) is 0 Å². The molecule has 0 aliphatic heterocycles. The van der Waals surface area contributed by atoms with E-state index >= 15 is 0 Å². The smallest absolute Gasteiger partial charge is 0.274 e. The van der Waals surface area contributed by atoms with Gasteiger partial charge in [-0.2, -0.15) is 13.4 Å². The van der Waals surface area contributed by atoms with Crippen LogP contribution >= 0.6 is 0 Å². The Balaban J connectivity index is 1.46. The van der Waals surface area contributed by atoms with Gasteiger partial charge >= 0.3 is 0 Å². The first-order valence-corrected chi connectivity index (χ1v) is 14.3. The Hall–Kier alpha value is -4.26. The first-order valence-electron chi connectivity index (χ1n) is 12.8.